The summed E-state index contributed by atoms with van der Waals surface area (Å²) in [5.41, 5.74) is 0.300. The van der Waals surface area contributed by atoms with Crippen molar-refractivity contribution in [2.24, 2.45) is 0 Å². The second-order valence-electron chi connectivity index (χ2n) is 5.91. The molecular weight excluding hydrogens is 234 g/mol. The molecule has 2 N–H and O–H groups in total. The van der Waals surface area contributed by atoms with Gasteiger partial charge in [-0.3, -0.25) is 0 Å². The second-order valence-corrected chi connectivity index (χ2v) is 6.34. The van der Waals surface area contributed by atoms with Gasteiger partial charge in [0.25, 0.3) is 0 Å². The quantitative estimate of drug-likeness (QED) is 0.867. The fourth-order valence-corrected chi connectivity index (χ4v) is 1.82. The molecule has 0 aliphatic carbocycles. The maximum Gasteiger partial charge on any atom is 0.0783 e. The van der Waals surface area contributed by atoms with Crippen molar-refractivity contribution in [1.29, 1.82) is 0 Å². The van der Waals surface area contributed by atoms with Crippen molar-refractivity contribution in [2.45, 2.75) is 45.3 Å². The van der Waals surface area contributed by atoms with Gasteiger partial charge in [0.1, 0.15) is 0 Å². The third-order valence-corrected chi connectivity index (χ3v) is 2.71. The molecular formula is C14H22ClNO. The van der Waals surface area contributed by atoms with E-state index >= 15 is 0 Å². The summed E-state index contributed by atoms with van der Waals surface area (Å²) in [4.78, 5) is 0. The number of rotatable bonds is 4. The van der Waals surface area contributed by atoms with Crippen molar-refractivity contribution >= 4 is 11.6 Å². The molecule has 0 heterocycles. The van der Waals surface area contributed by atoms with Crippen molar-refractivity contribution in [3.63, 3.8) is 0 Å². The Kier molecular flexibility index (Phi) is 4.59. The Balaban J connectivity index is 2.60. The molecule has 0 fully saturated rings. The highest BCUT2D eigenvalue weighted by molar-refractivity contribution is 6.30. The zero-order valence-corrected chi connectivity index (χ0v) is 11.8. The maximum absolute atomic E-state index is 10.3. The average molecular weight is 256 g/mol. The first-order chi connectivity index (χ1) is 7.68. The molecule has 96 valence electrons. The lowest BCUT2D eigenvalue weighted by Gasteiger charge is -2.29. The van der Waals surface area contributed by atoms with E-state index in [4.69, 9.17) is 11.6 Å². The van der Waals surface area contributed by atoms with Gasteiger partial charge in [0.05, 0.1) is 5.60 Å². The van der Waals surface area contributed by atoms with E-state index in [2.05, 4.69) is 26.1 Å². The van der Waals surface area contributed by atoms with Gasteiger partial charge in [0.2, 0.25) is 0 Å². The van der Waals surface area contributed by atoms with Crippen LogP contribution in [0.3, 0.4) is 0 Å². The monoisotopic (exact) mass is 255 g/mol. The van der Waals surface area contributed by atoms with Crippen LogP contribution in [0.1, 0.15) is 33.3 Å². The standard InChI is InChI=1S/C14H22ClNO/c1-13(2,3)16-10-14(4,17)9-11-6-5-7-12(15)8-11/h5-8,16-17H,9-10H2,1-4H3. The summed E-state index contributed by atoms with van der Waals surface area (Å²) in [7, 11) is 0. The van der Waals surface area contributed by atoms with Gasteiger partial charge in [-0.05, 0) is 45.4 Å². The Morgan fingerprint density at radius 3 is 2.41 bits per heavy atom. The molecule has 2 nitrogen and oxygen atoms in total. The molecule has 0 amide bonds. The van der Waals surface area contributed by atoms with Gasteiger partial charge in [-0.1, -0.05) is 23.7 Å². The molecule has 3 heteroatoms. The van der Waals surface area contributed by atoms with Gasteiger partial charge in [-0.15, -0.1) is 0 Å². The van der Waals surface area contributed by atoms with E-state index in [0.717, 1.165) is 5.56 Å². The Morgan fingerprint density at radius 1 is 1.24 bits per heavy atom. The normalized spacial score (nSPS) is 15.6. The van der Waals surface area contributed by atoms with Crippen LogP contribution in [0.25, 0.3) is 0 Å². The Bertz CT molecular complexity index is 369. The van der Waals surface area contributed by atoms with Crippen LogP contribution in [0.15, 0.2) is 24.3 Å². The predicted octanol–water partition coefficient (Wildman–Crippen LogP) is 3.02. The minimum absolute atomic E-state index is 0.0122. The molecule has 1 atom stereocenters. The summed E-state index contributed by atoms with van der Waals surface area (Å²) in [5.74, 6) is 0. The highest BCUT2D eigenvalue weighted by Crippen LogP contribution is 2.17. The van der Waals surface area contributed by atoms with Gasteiger partial charge in [0.15, 0.2) is 0 Å². The van der Waals surface area contributed by atoms with Crippen molar-refractivity contribution in [3.05, 3.63) is 34.9 Å². The third-order valence-electron chi connectivity index (χ3n) is 2.47. The number of hydrogen-bond acceptors (Lipinski definition) is 2. The molecule has 0 aliphatic heterocycles. The molecule has 0 saturated carbocycles. The van der Waals surface area contributed by atoms with Crippen LogP contribution in [0, 0.1) is 0 Å². The van der Waals surface area contributed by atoms with Crippen molar-refractivity contribution in [3.8, 4) is 0 Å². The summed E-state index contributed by atoms with van der Waals surface area (Å²) in [5, 5.41) is 14.3. The van der Waals surface area contributed by atoms with Crippen LogP contribution in [0.5, 0.6) is 0 Å². The van der Waals surface area contributed by atoms with Gasteiger partial charge in [-0.2, -0.15) is 0 Å². The molecule has 0 bridgehead atoms. The Morgan fingerprint density at radius 2 is 1.88 bits per heavy atom. The lowest BCUT2D eigenvalue weighted by atomic mass is 9.95. The molecule has 1 rings (SSSR count). The van der Waals surface area contributed by atoms with Gasteiger partial charge in [-0.25, -0.2) is 0 Å². The first-order valence-electron chi connectivity index (χ1n) is 5.90. The van der Waals surface area contributed by atoms with Crippen LogP contribution >= 0.6 is 11.6 Å². The van der Waals surface area contributed by atoms with Crippen LogP contribution < -0.4 is 5.32 Å². The minimum atomic E-state index is -0.766. The fourth-order valence-electron chi connectivity index (χ4n) is 1.60. The summed E-state index contributed by atoms with van der Waals surface area (Å²) in [6.45, 7) is 8.66. The van der Waals surface area contributed by atoms with E-state index in [1.54, 1.807) is 0 Å². The number of hydrogen-bond donors (Lipinski definition) is 2. The van der Waals surface area contributed by atoms with Crippen molar-refractivity contribution in [2.75, 3.05) is 6.54 Å². The largest absolute Gasteiger partial charge is 0.389 e. The topological polar surface area (TPSA) is 32.3 Å². The molecule has 1 aromatic rings. The summed E-state index contributed by atoms with van der Waals surface area (Å²) < 4.78 is 0. The van der Waals surface area contributed by atoms with Crippen LogP contribution in [0.4, 0.5) is 0 Å². The maximum atomic E-state index is 10.3. The molecule has 0 spiro atoms. The van der Waals surface area contributed by atoms with Crippen LogP contribution in [0.2, 0.25) is 5.02 Å². The second kappa shape index (κ2) is 5.38. The summed E-state index contributed by atoms with van der Waals surface area (Å²) >= 11 is 5.93. The predicted molar refractivity (Wildman–Crippen MR) is 73.5 cm³/mol. The minimum Gasteiger partial charge on any atom is -0.389 e. The number of β-amino-alcohol motifs (C(OH)–C–C–N with tert-alkyl or cyclic N) is 1. The third kappa shape index (κ3) is 6.06. The molecule has 0 aromatic heterocycles. The Hall–Kier alpha value is -0.570. The molecule has 17 heavy (non-hydrogen) atoms. The van der Waals surface area contributed by atoms with Crippen molar-refractivity contribution < 1.29 is 5.11 Å². The van der Waals surface area contributed by atoms with E-state index < -0.39 is 5.60 Å². The van der Waals surface area contributed by atoms with Crippen molar-refractivity contribution in [1.82, 2.24) is 5.32 Å². The van der Waals surface area contributed by atoms with Crippen LogP contribution in [-0.4, -0.2) is 22.8 Å². The van der Waals surface area contributed by atoms with E-state index in [1.807, 2.05) is 31.2 Å². The van der Waals surface area contributed by atoms with E-state index in [1.165, 1.54) is 0 Å². The van der Waals surface area contributed by atoms with Crippen LogP contribution in [-0.2, 0) is 6.42 Å². The molecule has 1 unspecified atom stereocenters. The van der Waals surface area contributed by atoms with E-state index in [0.29, 0.717) is 18.0 Å². The number of nitrogens with one attached hydrogen (secondary N) is 1. The van der Waals surface area contributed by atoms with Gasteiger partial charge in [0, 0.05) is 23.5 Å². The summed E-state index contributed by atoms with van der Waals surface area (Å²) in [6, 6.07) is 7.63. The number of benzene rings is 1. The molecule has 0 radical (unpaired) electrons. The molecule has 0 saturated heterocycles. The zero-order valence-electron chi connectivity index (χ0n) is 11.0. The van der Waals surface area contributed by atoms with Gasteiger partial charge >= 0.3 is 0 Å². The number of halogens is 1. The van der Waals surface area contributed by atoms with Gasteiger partial charge < -0.3 is 10.4 Å². The van der Waals surface area contributed by atoms with E-state index in [9.17, 15) is 5.11 Å². The lowest BCUT2D eigenvalue weighted by molar-refractivity contribution is 0.0535. The molecule has 1 aromatic carbocycles. The lowest BCUT2D eigenvalue weighted by Crippen LogP contribution is -2.47. The smallest absolute Gasteiger partial charge is 0.0783 e. The first-order valence-corrected chi connectivity index (χ1v) is 6.28. The first kappa shape index (κ1) is 14.5. The fraction of sp³-hybridized carbons (Fsp3) is 0.571. The SMILES string of the molecule is CC(O)(CNC(C)(C)C)Cc1cccc(Cl)c1. The molecule has 0 aliphatic rings. The average Bonchev–Trinajstić information content (AvgIpc) is 2.13. The zero-order chi connectivity index (χ0) is 13.1. The number of aliphatic hydroxyl groups is 1. The highest BCUT2D eigenvalue weighted by Gasteiger charge is 2.23. The Labute approximate surface area is 109 Å². The highest BCUT2D eigenvalue weighted by atomic mass is 35.5. The van der Waals surface area contributed by atoms with E-state index in [-0.39, 0.29) is 5.54 Å². The summed E-state index contributed by atoms with van der Waals surface area (Å²) in [6.07, 6.45) is 0.594.